The lowest BCUT2D eigenvalue weighted by Crippen LogP contribution is -1.95. The molecule has 0 fully saturated rings. The first-order valence-corrected chi connectivity index (χ1v) is 16.6. The largest absolute Gasteiger partial charge is 0.254 e. The topological polar surface area (TPSA) is 25.8 Å². The SMILES string of the molecule is [2H]c1nc2c(c([2H])c1[2H])c([2H])c([2H])c1c([2H])c([2H])c(-c3ccc(-c4cc(-c5cccc6ccccc56)sc4-c4cccc5ccccc45)c(C=C)c3C=C)nc12. The zero-order valence-corrected chi connectivity index (χ0v) is 27.0. The summed E-state index contributed by atoms with van der Waals surface area (Å²) in [6.45, 7) is 8.41. The first kappa shape index (κ1) is 22.4. The predicted molar refractivity (Wildman–Crippen MR) is 212 cm³/mol. The van der Waals surface area contributed by atoms with E-state index in [2.05, 4.69) is 97.0 Å². The highest BCUT2D eigenvalue weighted by Crippen LogP contribution is 2.48. The molecule has 3 aromatic heterocycles. The molecule has 0 atom stereocenters. The van der Waals surface area contributed by atoms with Crippen LogP contribution in [0, 0.1) is 0 Å². The van der Waals surface area contributed by atoms with Gasteiger partial charge in [-0.25, -0.2) is 4.98 Å². The van der Waals surface area contributed by atoms with E-state index in [9.17, 15) is 0 Å². The lowest BCUT2D eigenvalue weighted by atomic mass is 9.89. The van der Waals surface area contributed by atoms with Crippen LogP contribution in [-0.4, -0.2) is 9.97 Å². The third-order valence-electron chi connectivity index (χ3n) is 9.01. The summed E-state index contributed by atoms with van der Waals surface area (Å²) in [6.07, 6.45) is 2.98. The van der Waals surface area contributed by atoms with Crippen LogP contribution >= 0.6 is 11.3 Å². The van der Waals surface area contributed by atoms with Crippen molar-refractivity contribution in [3.63, 3.8) is 0 Å². The molecular weight excluding hydrogens is 613 g/mol. The van der Waals surface area contributed by atoms with Crippen molar-refractivity contribution in [3.8, 4) is 43.3 Å². The molecule has 3 heteroatoms. The third kappa shape index (κ3) is 4.78. The molecule has 0 radical (unpaired) electrons. The number of thiophene rings is 1. The van der Waals surface area contributed by atoms with E-state index in [1.807, 2.05) is 24.3 Å². The summed E-state index contributed by atoms with van der Waals surface area (Å²) >= 11 is 1.72. The van der Waals surface area contributed by atoms with Crippen molar-refractivity contribution in [1.82, 2.24) is 9.97 Å². The molecule has 0 amide bonds. The van der Waals surface area contributed by atoms with Gasteiger partial charge in [-0.2, -0.15) is 0 Å². The first-order valence-electron chi connectivity index (χ1n) is 19.3. The van der Waals surface area contributed by atoms with Gasteiger partial charge < -0.3 is 0 Å². The van der Waals surface area contributed by atoms with Crippen molar-refractivity contribution in [2.45, 2.75) is 0 Å². The molecule has 230 valence electrons. The van der Waals surface area contributed by atoms with Crippen LogP contribution in [-0.2, 0) is 0 Å². The van der Waals surface area contributed by atoms with Crippen molar-refractivity contribution < 1.29 is 9.60 Å². The molecule has 9 rings (SSSR count). The van der Waals surface area contributed by atoms with E-state index in [-0.39, 0.29) is 45.6 Å². The number of hydrogen-bond acceptors (Lipinski definition) is 3. The minimum absolute atomic E-state index is 0.0223. The summed E-state index contributed by atoms with van der Waals surface area (Å²) in [5.74, 6) is 0. The maximum atomic E-state index is 9.14. The standard InChI is InChI=1S/C46H30N2S/c1-3-33-34(4-2)38(42-26-23-32-22-21-31-16-11-27-47-44(31)45(32)48-42)25-24-37(33)41-28-43(39-19-9-14-29-12-5-7-17-35(29)39)49-46(41)40-20-10-15-30-13-6-8-18-36(30)40/h3-28H,1-2H2/i11D,16D,21D,22D,23D,26D,27D. The zero-order valence-electron chi connectivity index (χ0n) is 33.2. The van der Waals surface area contributed by atoms with Gasteiger partial charge in [0, 0.05) is 43.4 Å². The van der Waals surface area contributed by atoms with E-state index in [1.165, 1.54) is 0 Å². The number of benzene rings is 6. The average Bonchev–Trinajstić information content (AvgIpc) is 3.66. The molecule has 0 aliphatic rings. The van der Waals surface area contributed by atoms with E-state index in [1.54, 1.807) is 23.5 Å². The third-order valence-corrected chi connectivity index (χ3v) is 10.2. The normalized spacial score (nSPS) is 13.4. The molecular formula is C46H30N2S. The van der Waals surface area contributed by atoms with Gasteiger partial charge in [0.15, 0.2) is 0 Å². The average molecular weight is 650 g/mol. The molecule has 3 heterocycles. The Morgan fingerprint density at radius 1 is 0.551 bits per heavy atom. The minimum Gasteiger partial charge on any atom is -0.254 e. The van der Waals surface area contributed by atoms with Crippen LogP contribution in [0.15, 0.2) is 159 Å². The zero-order chi connectivity index (χ0) is 39.0. The second kappa shape index (κ2) is 11.8. The van der Waals surface area contributed by atoms with Gasteiger partial charge in [0.25, 0.3) is 0 Å². The number of aromatic nitrogens is 2. The highest BCUT2D eigenvalue weighted by atomic mass is 32.1. The first-order chi connectivity index (χ1) is 27.1. The van der Waals surface area contributed by atoms with Crippen LogP contribution in [0.4, 0.5) is 0 Å². The highest BCUT2D eigenvalue weighted by molar-refractivity contribution is 7.19. The summed E-state index contributed by atoms with van der Waals surface area (Å²) in [5.41, 5.74) is 6.10. The maximum absolute atomic E-state index is 9.14. The lowest BCUT2D eigenvalue weighted by Gasteiger charge is -2.16. The van der Waals surface area contributed by atoms with Crippen LogP contribution in [0.3, 0.4) is 0 Å². The van der Waals surface area contributed by atoms with Gasteiger partial charge in [-0.15, -0.1) is 11.3 Å². The molecule has 0 bridgehead atoms. The highest BCUT2D eigenvalue weighted by Gasteiger charge is 2.21. The van der Waals surface area contributed by atoms with Crippen molar-refractivity contribution >= 4 is 66.8 Å². The molecule has 6 aromatic carbocycles. The van der Waals surface area contributed by atoms with Gasteiger partial charge in [0.05, 0.1) is 26.3 Å². The fourth-order valence-corrected chi connectivity index (χ4v) is 8.00. The van der Waals surface area contributed by atoms with E-state index in [0.29, 0.717) is 11.1 Å². The Balaban J connectivity index is 1.33. The quantitative estimate of drug-likeness (QED) is 0.168. The smallest absolute Gasteiger partial charge is 0.0972 e. The molecule has 0 saturated carbocycles. The summed E-state index contributed by atoms with van der Waals surface area (Å²) in [5, 5.41) is 4.39. The summed E-state index contributed by atoms with van der Waals surface area (Å²) in [6, 6.07) is 33.2. The Morgan fingerprint density at radius 2 is 1.16 bits per heavy atom. The molecule has 9 aromatic rings. The fourth-order valence-electron chi connectivity index (χ4n) is 6.75. The van der Waals surface area contributed by atoms with Crippen LogP contribution in [0.2, 0.25) is 0 Å². The summed E-state index contributed by atoms with van der Waals surface area (Å²) in [4.78, 5) is 11.2. The lowest BCUT2D eigenvalue weighted by molar-refractivity contribution is 1.36. The Bertz CT molecular complexity index is 3160. The Labute approximate surface area is 298 Å². The minimum atomic E-state index is -0.475. The van der Waals surface area contributed by atoms with Gasteiger partial charge in [0.1, 0.15) is 0 Å². The van der Waals surface area contributed by atoms with Gasteiger partial charge in [-0.05, 0) is 61.9 Å². The van der Waals surface area contributed by atoms with Gasteiger partial charge in [-0.1, -0.05) is 147 Å². The molecule has 0 unspecified atom stereocenters. The molecule has 0 N–H and O–H groups in total. The number of rotatable bonds is 6. The Hall–Kier alpha value is -6.16. The number of nitrogens with zero attached hydrogens (tertiary/aromatic N) is 2. The Morgan fingerprint density at radius 3 is 1.92 bits per heavy atom. The summed E-state index contributed by atoms with van der Waals surface area (Å²) in [7, 11) is 0. The molecule has 0 spiro atoms. The van der Waals surface area contributed by atoms with E-state index < -0.39 is 24.3 Å². The molecule has 0 aliphatic carbocycles. The monoisotopic (exact) mass is 649 g/mol. The molecule has 0 saturated heterocycles. The van der Waals surface area contributed by atoms with Crippen molar-refractivity contribution in [2.75, 3.05) is 0 Å². The number of fused-ring (bicyclic) bond motifs is 5. The van der Waals surface area contributed by atoms with Crippen LogP contribution < -0.4 is 0 Å². The van der Waals surface area contributed by atoms with Crippen LogP contribution in [0.25, 0.3) is 98.8 Å². The van der Waals surface area contributed by atoms with Gasteiger partial charge in [-0.3, -0.25) is 4.98 Å². The van der Waals surface area contributed by atoms with E-state index in [0.717, 1.165) is 59.1 Å². The number of pyridine rings is 2. The van der Waals surface area contributed by atoms with Crippen LogP contribution in [0.1, 0.15) is 20.7 Å². The second-order valence-electron chi connectivity index (χ2n) is 11.7. The Kier molecular flexibility index (Phi) is 5.41. The van der Waals surface area contributed by atoms with Crippen molar-refractivity contribution in [3.05, 3.63) is 170 Å². The molecule has 0 aliphatic heterocycles. The van der Waals surface area contributed by atoms with E-state index >= 15 is 0 Å². The van der Waals surface area contributed by atoms with Crippen molar-refractivity contribution in [2.24, 2.45) is 0 Å². The van der Waals surface area contributed by atoms with Crippen molar-refractivity contribution in [1.29, 1.82) is 0 Å². The molecule has 49 heavy (non-hydrogen) atoms. The van der Waals surface area contributed by atoms with E-state index in [4.69, 9.17) is 14.6 Å². The summed E-state index contributed by atoms with van der Waals surface area (Å²) < 4.78 is 60.4. The number of hydrogen-bond donors (Lipinski definition) is 0. The molecule has 2 nitrogen and oxygen atoms in total. The predicted octanol–water partition coefficient (Wildman–Crippen LogP) is 13.1. The maximum Gasteiger partial charge on any atom is 0.0972 e. The fraction of sp³-hybridized carbons (Fsp3) is 0. The van der Waals surface area contributed by atoms with Crippen LogP contribution in [0.5, 0.6) is 0 Å². The van der Waals surface area contributed by atoms with Gasteiger partial charge in [0.2, 0.25) is 0 Å². The van der Waals surface area contributed by atoms with Gasteiger partial charge >= 0.3 is 0 Å². The second-order valence-corrected chi connectivity index (χ2v) is 12.7.